The second kappa shape index (κ2) is 3.65. The van der Waals surface area contributed by atoms with Crippen molar-refractivity contribution in [2.45, 2.75) is 36.0 Å². The number of piperidine rings is 1. The molecule has 0 unspecified atom stereocenters. The summed E-state index contributed by atoms with van der Waals surface area (Å²) < 4.78 is 12.3. The van der Waals surface area contributed by atoms with E-state index in [2.05, 4.69) is 24.1 Å². The minimum Gasteiger partial charge on any atom is -0.475 e. The van der Waals surface area contributed by atoms with Crippen molar-refractivity contribution in [3.8, 4) is 11.5 Å². The Labute approximate surface area is 135 Å². The number of hydrogen-bond acceptors (Lipinski definition) is 4. The smallest absolute Gasteiger partial charge is 0.170 e. The third-order valence-corrected chi connectivity index (χ3v) is 6.91. The van der Waals surface area contributed by atoms with Crippen LogP contribution in [0.5, 0.6) is 11.5 Å². The number of aliphatic hydroxyl groups excluding tert-OH is 1. The van der Waals surface area contributed by atoms with Crippen LogP contribution in [0.15, 0.2) is 36.6 Å². The Morgan fingerprint density at radius 3 is 3.13 bits per heavy atom. The molecule has 1 aromatic rings. The van der Waals surface area contributed by atoms with Gasteiger partial charge in [0.1, 0.15) is 6.10 Å². The summed E-state index contributed by atoms with van der Waals surface area (Å²) in [7, 11) is 2.22. The van der Waals surface area contributed by atoms with Crippen LogP contribution in [0.25, 0.3) is 0 Å². The van der Waals surface area contributed by atoms with E-state index >= 15 is 0 Å². The molecule has 118 valence electrons. The summed E-state index contributed by atoms with van der Waals surface area (Å²) in [5, 5.41) is 10.9. The SMILES string of the molecule is CN1CC[C@]23c4c5ccc6c4O[C@@]2(C=CO6)[C@@H](O)C=C[C@H]3[C@H]1C5. The summed E-state index contributed by atoms with van der Waals surface area (Å²) in [6.45, 7) is 1.03. The maximum absolute atomic E-state index is 10.9. The zero-order chi connectivity index (χ0) is 15.4. The monoisotopic (exact) mass is 309 g/mol. The number of likely N-dealkylation sites (N-methyl/N-ethyl adjacent to an activating group) is 1. The van der Waals surface area contributed by atoms with Crippen LogP contribution in [0.2, 0.25) is 0 Å². The van der Waals surface area contributed by atoms with Gasteiger partial charge in [-0.2, -0.15) is 0 Å². The van der Waals surface area contributed by atoms with E-state index in [4.69, 9.17) is 9.47 Å². The molecule has 0 saturated carbocycles. The lowest BCUT2D eigenvalue weighted by atomic mass is 9.48. The molecule has 1 N–H and O–H groups in total. The van der Waals surface area contributed by atoms with Gasteiger partial charge in [0.15, 0.2) is 17.1 Å². The summed E-state index contributed by atoms with van der Waals surface area (Å²) in [6.07, 6.45) is 9.25. The van der Waals surface area contributed by atoms with Crippen LogP contribution in [-0.2, 0) is 11.8 Å². The molecule has 1 saturated heterocycles. The van der Waals surface area contributed by atoms with Gasteiger partial charge in [-0.25, -0.2) is 0 Å². The average Bonchev–Trinajstić information content (AvgIpc) is 2.71. The Hall–Kier alpha value is -1.78. The second-order valence-electron chi connectivity index (χ2n) is 7.57. The number of likely N-dealkylation sites (tertiary alicyclic amines) is 1. The van der Waals surface area contributed by atoms with Crippen molar-refractivity contribution in [2.75, 3.05) is 13.6 Å². The second-order valence-corrected chi connectivity index (χ2v) is 7.57. The van der Waals surface area contributed by atoms with Crippen molar-refractivity contribution >= 4 is 0 Å². The van der Waals surface area contributed by atoms with Crippen LogP contribution in [0, 0.1) is 5.92 Å². The van der Waals surface area contributed by atoms with E-state index in [0.717, 1.165) is 30.9 Å². The van der Waals surface area contributed by atoms with Crippen LogP contribution in [0.3, 0.4) is 0 Å². The minimum atomic E-state index is -0.726. The van der Waals surface area contributed by atoms with Crippen molar-refractivity contribution in [3.63, 3.8) is 0 Å². The zero-order valence-corrected chi connectivity index (χ0v) is 13.0. The lowest BCUT2D eigenvalue weighted by molar-refractivity contribution is -0.0915. The van der Waals surface area contributed by atoms with Gasteiger partial charge in [0, 0.05) is 17.5 Å². The molecule has 2 aliphatic carbocycles. The van der Waals surface area contributed by atoms with Gasteiger partial charge in [-0.3, -0.25) is 0 Å². The molecule has 6 rings (SSSR count). The maximum Gasteiger partial charge on any atom is 0.170 e. The first-order chi connectivity index (χ1) is 11.2. The summed E-state index contributed by atoms with van der Waals surface area (Å²) in [5.74, 6) is 2.02. The molecule has 2 spiro atoms. The Morgan fingerprint density at radius 2 is 2.22 bits per heavy atom. The van der Waals surface area contributed by atoms with Crippen molar-refractivity contribution in [2.24, 2.45) is 5.92 Å². The van der Waals surface area contributed by atoms with Gasteiger partial charge in [0.05, 0.1) is 11.7 Å². The van der Waals surface area contributed by atoms with Gasteiger partial charge in [0.2, 0.25) is 0 Å². The third kappa shape index (κ3) is 1.13. The van der Waals surface area contributed by atoms with Crippen LogP contribution in [-0.4, -0.2) is 41.3 Å². The van der Waals surface area contributed by atoms with Crippen molar-refractivity contribution in [1.29, 1.82) is 0 Å². The lowest BCUT2D eigenvalue weighted by Gasteiger charge is -2.60. The lowest BCUT2D eigenvalue weighted by Crippen LogP contribution is -2.70. The van der Waals surface area contributed by atoms with E-state index in [-0.39, 0.29) is 5.41 Å². The predicted octanol–water partition coefficient (Wildman–Crippen LogP) is 1.77. The molecule has 4 heteroatoms. The van der Waals surface area contributed by atoms with Gasteiger partial charge < -0.3 is 19.5 Å². The number of rotatable bonds is 0. The topological polar surface area (TPSA) is 41.9 Å². The first kappa shape index (κ1) is 12.6. The average molecular weight is 309 g/mol. The number of benzene rings is 1. The highest BCUT2D eigenvalue weighted by molar-refractivity contribution is 5.66. The molecule has 1 fully saturated rings. The van der Waals surface area contributed by atoms with Gasteiger partial charge in [-0.1, -0.05) is 18.2 Å². The molecule has 3 aliphatic heterocycles. The Morgan fingerprint density at radius 1 is 1.30 bits per heavy atom. The Bertz CT molecular complexity index is 800. The zero-order valence-electron chi connectivity index (χ0n) is 13.0. The molecular weight excluding hydrogens is 290 g/mol. The molecule has 0 aromatic heterocycles. The largest absolute Gasteiger partial charge is 0.475 e. The Balaban J connectivity index is 1.78. The van der Waals surface area contributed by atoms with Gasteiger partial charge in [-0.15, -0.1) is 0 Å². The van der Waals surface area contributed by atoms with Crippen LogP contribution in [0.1, 0.15) is 17.5 Å². The van der Waals surface area contributed by atoms with Gasteiger partial charge in [0.25, 0.3) is 0 Å². The fraction of sp³-hybridized carbons (Fsp3) is 0.474. The minimum absolute atomic E-state index is 0.169. The van der Waals surface area contributed by atoms with Crippen molar-refractivity contribution in [1.82, 2.24) is 4.90 Å². The molecule has 1 aromatic carbocycles. The summed E-state index contributed by atoms with van der Waals surface area (Å²) >= 11 is 0. The molecule has 4 nitrogen and oxygen atoms in total. The third-order valence-electron chi connectivity index (χ3n) is 6.91. The Kier molecular flexibility index (Phi) is 2.00. The molecule has 0 amide bonds. The summed E-state index contributed by atoms with van der Waals surface area (Å²) in [4.78, 5) is 2.48. The van der Waals surface area contributed by atoms with Gasteiger partial charge in [-0.05, 0) is 44.1 Å². The number of nitrogens with zero attached hydrogens (tertiary/aromatic N) is 1. The summed E-state index contributed by atoms with van der Waals surface area (Å²) in [6, 6.07) is 4.68. The fourth-order valence-electron chi connectivity index (χ4n) is 5.93. The highest BCUT2D eigenvalue weighted by Crippen LogP contribution is 2.67. The molecule has 4 bridgehead atoms. The maximum atomic E-state index is 10.9. The number of ether oxygens (including phenoxy) is 2. The molecule has 23 heavy (non-hydrogen) atoms. The highest BCUT2D eigenvalue weighted by Gasteiger charge is 2.71. The molecule has 3 heterocycles. The quantitative estimate of drug-likeness (QED) is 0.742. The van der Waals surface area contributed by atoms with E-state index in [1.54, 1.807) is 6.26 Å². The molecular formula is C19H19NO3. The fourth-order valence-corrected chi connectivity index (χ4v) is 5.93. The van der Waals surface area contributed by atoms with E-state index in [1.165, 1.54) is 11.1 Å². The van der Waals surface area contributed by atoms with E-state index < -0.39 is 11.7 Å². The first-order valence-corrected chi connectivity index (χ1v) is 8.44. The highest BCUT2D eigenvalue weighted by atomic mass is 16.6. The standard InChI is InChI=1S/C19H19NO3/c1-20-8-6-18-12-3-5-15(21)19(18)7-9-22-14-4-2-11(10-13(12)20)16(18)17(14)23-19/h2-5,7,9,12-13,15,21H,6,8,10H2,1H3/t12-,13+,15-,18-,19-/m0/s1. The van der Waals surface area contributed by atoms with Crippen molar-refractivity contribution < 1.29 is 14.6 Å². The first-order valence-electron chi connectivity index (χ1n) is 8.44. The van der Waals surface area contributed by atoms with E-state index in [9.17, 15) is 5.11 Å². The van der Waals surface area contributed by atoms with Crippen LogP contribution in [0.4, 0.5) is 0 Å². The van der Waals surface area contributed by atoms with Gasteiger partial charge >= 0.3 is 0 Å². The normalized spacial score (nSPS) is 44.5. The number of hydrogen-bond donors (Lipinski definition) is 1. The molecule has 5 aliphatic rings. The molecule has 0 radical (unpaired) electrons. The van der Waals surface area contributed by atoms with E-state index in [0.29, 0.717) is 12.0 Å². The summed E-state index contributed by atoms with van der Waals surface area (Å²) in [5.41, 5.74) is 1.77. The van der Waals surface area contributed by atoms with Crippen LogP contribution >= 0.6 is 0 Å². The molecule has 5 atom stereocenters. The van der Waals surface area contributed by atoms with Crippen molar-refractivity contribution in [3.05, 3.63) is 47.7 Å². The predicted molar refractivity (Wildman–Crippen MR) is 84.6 cm³/mol. The van der Waals surface area contributed by atoms with Crippen LogP contribution < -0.4 is 9.47 Å². The van der Waals surface area contributed by atoms with E-state index in [1.807, 2.05) is 18.2 Å². The number of aliphatic hydroxyl groups is 1.